The molecule has 0 aromatic heterocycles. The Bertz CT molecular complexity index is 590. The van der Waals surface area contributed by atoms with Gasteiger partial charge in [-0.2, -0.15) is 12.6 Å². The van der Waals surface area contributed by atoms with E-state index in [1.165, 1.54) is 0 Å². The number of halogens is 1. The molecule has 1 atom stereocenters. The van der Waals surface area contributed by atoms with Crippen molar-refractivity contribution in [2.24, 2.45) is 5.73 Å². The molecule has 0 bridgehead atoms. The van der Waals surface area contributed by atoms with Crippen LogP contribution in [0.5, 0.6) is 5.75 Å². The summed E-state index contributed by atoms with van der Waals surface area (Å²) < 4.78 is 5.65. The van der Waals surface area contributed by atoms with Crippen molar-refractivity contribution in [1.82, 2.24) is 0 Å². The lowest BCUT2D eigenvalue weighted by molar-refractivity contribution is 0.103. The van der Waals surface area contributed by atoms with Crippen LogP contribution in [0.25, 0.3) is 0 Å². The molecule has 0 saturated carbocycles. The fraction of sp³-hybridized carbons (Fsp3) is 0.278. The van der Waals surface area contributed by atoms with Gasteiger partial charge in [-0.3, -0.25) is 4.79 Å². The summed E-state index contributed by atoms with van der Waals surface area (Å²) in [5, 5.41) is 0. The summed E-state index contributed by atoms with van der Waals surface area (Å²) in [6.07, 6.45) is 1.79. The van der Waals surface area contributed by atoms with Crippen LogP contribution in [0.1, 0.15) is 28.8 Å². The molecule has 0 unspecified atom stereocenters. The molecule has 5 heteroatoms. The smallest absolute Gasteiger partial charge is 0.193 e. The summed E-state index contributed by atoms with van der Waals surface area (Å²) in [6, 6.07) is 16.6. The van der Waals surface area contributed by atoms with E-state index in [-0.39, 0.29) is 24.2 Å². The van der Waals surface area contributed by atoms with Gasteiger partial charge in [-0.05, 0) is 37.1 Å². The van der Waals surface area contributed by atoms with Crippen molar-refractivity contribution in [1.29, 1.82) is 0 Å². The van der Waals surface area contributed by atoms with Crippen molar-refractivity contribution in [2.45, 2.75) is 18.9 Å². The quantitative estimate of drug-likeness (QED) is 0.432. The van der Waals surface area contributed by atoms with E-state index in [9.17, 15) is 4.79 Å². The molecule has 0 amide bonds. The number of carbonyl (C=O) groups is 1. The predicted octanol–water partition coefficient (Wildman–Crippen LogP) is 3.76. The molecule has 124 valence electrons. The number of carbonyl (C=O) groups excluding carboxylic acids is 1. The second-order valence-electron chi connectivity index (χ2n) is 5.15. The molecule has 23 heavy (non-hydrogen) atoms. The van der Waals surface area contributed by atoms with Gasteiger partial charge in [0.2, 0.25) is 0 Å². The Morgan fingerprint density at radius 2 is 1.65 bits per heavy atom. The van der Waals surface area contributed by atoms with Crippen LogP contribution in [-0.4, -0.2) is 24.2 Å². The monoisotopic (exact) mass is 351 g/mol. The molecule has 2 aromatic rings. The first-order chi connectivity index (χ1) is 10.7. The largest absolute Gasteiger partial charge is 0.494 e. The van der Waals surface area contributed by atoms with Crippen LogP contribution in [0.15, 0.2) is 54.6 Å². The van der Waals surface area contributed by atoms with E-state index < -0.39 is 0 Å². The Balaban J connectivity index is 0.00000264. The van der Waals surface area contributed by atoms with Crippen LogP contribution in [0.3, 0.4) is 0 Å². The average molecular weight is 352 g/mol. The summed E-state index contributed by atoms with van der Waals surface area (Å²) in [5.74, 6) is 1.48. The molecule has 0 radical (unpaired) electrons. The molecular formula is C18H22ClNO2S. The van der Waals surface area contributed by atoms with Gasteiger partial charge in [0.25, 0.3) is 0 Å². The molecule has 0 aliphatic carbocycles. The van der Waals surface area contributed by atoms with E-state index in [1.54, 1.807) is 12.1 Å². The lowest BCUT2D eigenvalue weighted by atomic mass is 10.0. The molecule has 2 N–H and O–H groups in total. The van der Waals surface area contributed by atoms with E-state index >= 15 is 0 Å². The minimum atomic E-state index is 0. The SMILES string of the molecule is Cl.N[C@H](CS)CCCOc1ccc(C(=O)c2ccccc2)cc1. The van der Waals surface area contributed by atoms with Gasteiger partial charge >= 0.3 is 0 Å². The van der Waals surface area contributed by atoms with Gasteiger partial charge in [-0.1, -0.05) is 30.3 Å². The Hall–Kier alpha value is -1.49. The lowest BCUT2D eigenvalue weighted by Crippen LogP contribution is -2.22. The van der Waals surface area contributed by atoms with Gasteiger partial charge in [0.15, 0.2) is 5.78 Å². The van der Waals surface area contributed by atoms with Crippen LogP contribution in [0, 0.1) is 0 Å². The van der Waals surface area contributed by atoms with Crippen LogP contribution >= 0.6 is 25.0 Å². The van der Waals surface area contributed by atoms with Crippen molar-refractivity contribution in [2.75, 3.05) is 12.4 Å². The molecule has 0 aliphatic rings. The predicted molar refractivity (Wildman–Crippen MR) is 100 cm³/mol. The zero-order chi connectivity index (χ0) is 15.8. The van der Waals surface area contributed by atoms with Crippen molar-refractivity contribution in [3.05, 3.63) is 65.7 Å². The molecule has 0 aliphatic heterocycles. The number of ketones is 1. The maximum absolute atomic E-state index is 12.3. The van der Waals surface area contributed by atoms with E-state index in [0.29, 0.717) is 23.5 Å². The Morgan fingerprint density at radius 1 is 1.04 bits per heavy atom. The number of hydrogen-bond acceptors (Lipinski definition) is 4. The summed E-state index contributed by atoms with van der Waals surface area (Å²) in [6.45, 7) is 0.619. The molecule has 3 nitrogen and oxygen atoms in total. The van der Waals surface area contributed by atoms with Gasteiger partial charge < -0.3 is 10.5 Å². The molecule has 0 heterocycles. The fourth-order valence-corrected chi connectivity index (χ4v) is 2.27. The molecule has 0 saturated heterocycles. The molecule has 0 fully saturated rings. The number of nitrogens with two attached hydrogens (primary N) is 1. The lowest BCUT2D eigenvalue weighted by Gasteiger charge is -2.09. The summed E-state index contributed by atoms with van der Waals surface area (Å²) in [5.41, 5.74) is 7.15. The Kier molecular flexibility index (Phi) is 8.77. The number of benzene rings is 2. The summed E-state index contributed by atoms with van der Waals surface area (Å²) in [4.78, 5) is 12.3. The van der Waals surface area contributed by atoms with Gasteiger partial charge in [-0.15, -0.1) is 12.4 Å². The normalized spacial score (nSPS) is 11.4. The minimum absolute atomic E-state index is 0. The third-order valence-corrected chi connectivity index (χ3v) is 3.84. The number of hydrogen-bond donors (Lipinski definition) is 2. The highest BCUT2D eigenvalue weighted by atomic mass is 35.5. The number of rotatable bonds is 8. The first-order valence-corrected chi connectivity index (χ1v) is 8.03. The first-order valence-electron chi connectivity index (χ1n) is 7.40. The zero-order valence-corrected chi connectivity index (χ0v) is 14.6. The van der Waals surface area contributed by atoms with E-state index in [0.717, 1.165) is 18.6 Å². The van der Waals surface area contributed by atoms with Crippen LogP contribution in [-0.2, 0) is 0 Å². The van der Waals surface area contributed by atoms with Crippen molar-refractivity contribution < 1.29 is 9.53 Å². The molecular weight excluding hydrogens is 330 g/mol. The third kappa shape index (κ3) is 6.26. The number of thiol groups is 1. The summed E-state index contributed by atoms with van der Waals surface area (Å²) >= 11 is 4.15. The first kappa shape index (κ1) is 19.6. The van der Waals surface area contributed by atoms with Crippen LogP contribution in [0.2, 0.25) is 0 Å². The maximum Gasteiger partial charge on any atom is 0.193 e. The maximum atomic E-state index is 12.3. The van der Waals surface area contributed by atoms with Gasteiger partial charge in [0.05, 0.1) is 6.61 Å². The highest BCUT2D eigenvalue weighted by Crippen LogP contribution is 2.16. The second-order valence-corrected chi connectivity index (χ2v) is 5.52. The van der Waals surface area contributed by atoms with Gasteiger partial charge in [0, 0.05) is 22.9 Å². The van der Waals surface area contributed by atoms with Crippen molar-refractivity contribution in [3.63, 3.8) is 0 Å². The van der Waals surface area contributed by atoms with E-state index in [4.69, 9.17) is 10.5 Å². The zero-order valence-electron chi connectivity index (χ0n) is 12.9. The molecule has 2 rings (SSSR count). The van der Waals surface area contributed by atoms with E-state index in [1.807, 2.05) is 42.5 Å². The van der Waals surface area contributed by atoms with Crippen LogP contribution in [0.4, 0.5) is 0 Å². The van der Waals surface area contributed by atoms with Gasteiger partial charge in [0.1, 0.15) is 5.75 Å². The molecule has 0 spiro atoms. The fourth-order valence-electron chi connectivity index (χ4n) is 2.09. The van der Waals surface area contributed by atoms with Gasteiger partial charge in [-0.25, -0.2) is 0 Å². The highest BCUT2D eigenvalue weighted by Gasteiger charge is 2.08. The van der Waals surface area contributed by atoms with E-state index in [2.05, 4.69) is 12.6 Å². The number of ether oxygens (including phenoxy) is 1. The third-order valence-electron chi connectivity index (χ3n) is 3.37. The highest BCUT2D eigenvalue weighted by molar-refractivity contribution is 7.80. The molecule has 2 aromatic carbocycles. The Morgan fingerprint density at radius 3 is 2.26 bits per heavy atom. The van der Waals surface area contributed by atoms with Crippen LogP contribution < -0.4 is 10.5 Å². The second kappa shape index (κ2) is 10.3. The van der Waals surface area contributed by atoms with Crippen molar-refractivity contribution >= 4 is 30.8 Å². The summed E-state index contributed by atoms with van der Waals surface area (Å²) in [7, 11) is 0. The Labute approximate surface area is 149 Å². The minimum Gasteiger partial charge on any atom is -0.494 e. The van der Waals surface area contributed by atoms with Crippen molar-refractivity contribution in [3.8, 4) is 5.75 Å². The average Bonchev–Trinajstić information content (AvgIpc) is 2.59. The topological polar surface area (TPSA) is 52.3 Å². The standard InChI is InChI=1S/C18H21NO2S.ClH/c19-16(13-22)7-4-12-21-17-10-8-15(9-11-17)18(20)14-5-2-1-3-6-14;/h1-3,5-6,8-11,16,22H,4,7,12-13,19H2;1H/t16-;/m0./s1.